The molecule has 0 N–H and O–H groups in total. The van der Waals surface area contributed by atoms with Gasteiger partial charge in [0.05, 0.1) is 0 Å². The lowest BCUT2D eigenvalue weighted by atomic mass is 10.2. The van der Waals surface area contributed by atoms with Gasteiger partial charge in [0.15, 0.2) is 11.6 Å². The van der Waals surface area contributed by atoms with Crippen molar-refractivity contribution in [2.75, 3.05) is 0 Å². The van der Waals surface area contributed by atoms with Gasteiger partial charge in [0.25, 0.3) is 0 Å². The van der Waals surface area contributed by atoms with Crippen LogP contribution in [0.1, 0.15) is 24.5 Å². The van der Waals surface area contributed by atoms with Crippen molar-refractivity contribution in [3.05, 3.63) is 48.1 Å². The summed E-state index contributed by atoms with van der Waals surface area (Å²) in [7, 11) is 0. The number of hydrogen-bond acceptors (Lipinski definition) is 4. The van der Waals surface area contributed by atoms with Crippen molar-refractivity contribution in [1.82, 2.24) is 20.4 Å². The Morgan fingerprint density at radius 2 is 1.12 bits per heavy atom. The highest BCUT2D eigenvalue weighted by atomic mass is 15.3. The molecule has 4 heteroatoms. The molecular weight excluding hydrogens is 200 g/mol. The van der Waals surface area contributed by atoms with Crippen molar-refractivity contribution in [2.45, 2.75) is 12.8 Å². The molecule has 0 amide bonds. The van der Waals surface area contributed by atoms with Gasteiger partial charge in [-0.2, -0.15) is 0 Å². The van der Waals surface area contributed by atoms with E-state index in [9.17, 15) is 0 Å². The summed E-state index contributed by atoms with van der Waals surface area (Å²) in [6, 6.07) is 0. The number of hydrogen-bond donors (Lipinski definition) is 0. The van der Waals surface area contributed by atoms with Crippen LogP contribution in [0.25, 0.3) is 11.1 Å². The van der Waals surface area contributed by atoms with Gasteiger partial charge < -0.3 is 0 Å². The van der Waals surface area contributed by atoms with Crippen LogP contribution in [0.15, 0.2) is 36.5 Å². The third-order valence-electron chi connectivity index (χ3n) is 2.60. The highest BCUT2D eigenvalue weighted by Crippen LogP contribution is 2.21. The van der Waals surface area contributed by atoms with Gasteiger partial charge >= 0.3 is 0 Å². The molecule has 2 aliphatic carbocycles. The Balaban J connectivity index is 1.85. The van der Waals surface area contributed by atoms with E-state index in [1.807, 2.05) is 24.3 Å². The highest BCUT2D eigenvalue weighted by molar-refractivity contribution is 5.67. The predicted molar refractivity (Wildman–Crippen MR) is 61.1 cm³/mol. The minimum absolute atomic E-state index is 0.625. The molecule has 3 rings (SSSR count). The summed E-state index contributed by atoms with van der Waals surface area (Å²) in [5.41, 5.74) is 2.15. The van der Waals surface area contributed by atoms with Crippen molar-refractivity contribution >= 4 is 11.1 Å². The second-order valence-corrected chi connectivity index (χ2v) is 3.70. The minimum atomic E-state index is 0.625. The van der Waals surface area contributed by atoms with Crippen molar-refractivity contribution in [2.24, 2.45) is 0 Å². The van der Waals surface area contributed by atoms with Gasteiger partial charge in [0.1, 0.15) is 0 Å². The molecule has 1 heterocycles. The molecular formula is C12H10N4. The van der Waals surface area contributed by atoms with Gasteiger partial charge in [-0.1, -0.05) is 36.5 Å². The van der Waals surface area contributed by atoms with E-state index >= 15 is 0 Å². The summed E-state index contributed by atoms with van der Waals surface area (Å²) >= 11 is 0. The highest BCUT2D eigenvalue weighted by Gasteiger charge is 2.11. The largest absolute Gasteiger partial charge is 0.199 e. The fourth-order valence-electron chi connectivity index (χ4n) is 1.71. The Kier molecular flexibility index (Phi) is 2.18. The van der Waals surface area contributed by atoms with E-state index in [2.05, 4.69) is 32.5 Å². The first-order valence-corrected chi connectivity index (χ1v) is 5.23. The Hall–Kier alpha value is -2.10. The fraction of sp³-hybridized carbons (Fsp3) is 0.167. The Morgan fingerprint density at radius 3 is 1.44 bits per heavy atom. The maximum absolute atomic E-state index is 4.10. The summed E-state index contributed by atoms with van der Waals surface area (Å²) in [6.45, 7) is 0. The molecule has 0 bridgehead atoms. The van der Waals surface area contributed by atoms with Crippen molar-refractivity contribution < 1.29 is 0 Å². The van der Waals surface area contributed by atoms with E-state index in [-0.39, 0.29) is 0 Å². The topological polar surface area (TPSA) is 51.6 Å². The Labute approximate surface area is 93.1 Å². The SMILES string of the molecule is C1=CCC(c2nnc(C3=CC=CC3)nn2)=C1. The van der Waals surface area contributed by atoms with Crippen LogP contribution < -0.4 is 0 Å². The summed E-state index contributed by atoms with van der Waals surface area (Å²) in [6.07, 6.45) is 13.8. The van der Waals surface area contributed by atoms with E-state index in [1.54, 1.807) is 0 Å². The number of rotatable bonds is 2. The molecule has 78 valence electrons. The van der Waals surface area contributed by atoms with Crippen LogP contribution in [-0.2, 0) is 0 Å². The lowest BCUT2D eigenvalue weighted by molar-refractivity contribution is 0.809. The molecule has 0 saturated carbocycles. The average molecular weight is 210 g/mol. The Morgan fingerprint density at radius 1 is 0.688 bits per heavy atom. The molecule has 0 spiro atoms. The van der Waals surface area contributed by atoms with Crippen LogP contribution in [0.5, 0.6) is 0 Å². The van der Waals surface area contributed by atoms with E-state index in [1.165, 1.54) is 0 Å². The van der Waals surface area contributed by atoms with E-state index < -0.39 is 0 Å². The summed E-state index contributed by atoms with van der Waals surface area (Å²) in [5.74, 6) is 1.25. The first kappa shape index (κ1) is 9.15. The summed E-state index contributed by atoms with van der Waals surface area (Å²) in [4.78, 5) is 0. The standard InChI is InChI=1S/C12H10N4/c1-2-6-9(5-1)11-13-15-12(16-14-11)10-7-3-4-8-10/h1-5,7H,6,8H2. The number of allylic oxidation sites excluding steroid dienone is 8. The second-order valence-electron chi connectivity index (χ2n) is 3.70. The van der Waals surface area contributed by atoms with E-state index in [0.29, 0.717) is 11.6 Å². The lowest BCUT2D eigenvalue weighted by Crippen LogP contribution is -2.03. The Bertz CT molecular complexity index is 471. The molecule has 0 unspecified atom stereocenters. The molecule has 1 aromatic rings. The van der Waals surface area contributed by atoms with Crippen molar-refractivity contribution in [1.29, 1.82) is 0 Å². The maximum atomic E-state index is 4.10. The van der Waals surface area contributed by atoms with Gasteiger partial charge in [-0.05, 0) is 12.8 Å². The molecule has 0 aromatic carbocycles. The normalized spacial score (nSPS) is 17.8. The van der Waals surface area contributed by atoms with Gasteiger partial charge in [-0.25, -0.2) is 0 Å². The maximum Gasteiger partial charge on any atom is 0.199 e. The lowest BCUT2D eigenvalue weighted by Gasteiger charge is -2.00. The molecule has 0 fully saturated rings. The predicted octanol–water partition coefficient (Wildman–Crippen LogP) is 1.95. The first-order valence-electron chi connectivity index (χ1n) is 5.23. The smallest absolute Gasteiger partial charge is 0.126 e. The zero-order valence-corrected chi connectivity index (χ0v) is 8.67. The van der Waals surface area contributed by atoms with E-state index in [0.717, 1.165) is 24.0 Å². The molecule has 2 aliphatic rings. The van der Waals surface area contributed by atoms with Gasteiger partial charge in [0, 0.05) is 11.1 Å². The monoisotopic (exact) mass is 210 g/mol. The van der Waals surface area contributed by atoms with Crippen LogP contribution in [0.3, 0.4) is 0 Å². The van der Waals surface area contributed by atoms with Crippen LogP contribution in [0.2, 0.25) is 0 Å². The third-order valence-corrected chi connectivity index (χ3v) is 2.60. The molecule has 0 radical (unpaired) electrons. The molecule has 0 saturated heterocycles. The van der Waals surface area contributed by atoms with Crippen molar-refractivity contribution in [3.8, 4) is 0 Å². The zero-order valence-electron chi connectivity index (χ0n) is 8.67. The number of nitrogens with zero attached hydrogens (tertiary/aromatic N) is 4. The van der Waals surface area contributed by atoms with Crippen LogP contribution in [0.4, 0.5) is 0 Å². The second kappa shape index (κ2) is 3.81. The van der Waals surface area contributed by atoms with Crippen LogP contribution in [0, 0.1) is 0 Å². The fourth-order valence-corrected chi connectivity index (χ4v) is 1.71. The molecule has 16 heavy (non-hydrogen) atoms. The molecule has 0 atom stereocenters. The van der Waals surface area contributed by atoms with E-state index in [4.69, 9.17) is 0 Å². The zero-order chi connectivity index (χ0) is 10.8. The summed E-state index contributed by atoms with van der Waals surface area (Å²) < 4.78 is 0. The van der Waals surface area contributed by atoms with Gasteiger partial charge in [-0.15, -0.1) is 20.4 Å². The van der Waals surface area contributed by atoms with Gasteiger partial charge in [0.2, 0.25) is 0 Å². The first-order chi connectivity index (χ1) is 7.93. The third kappa shape index (κ3) is 1.58. The van der Waals surface area contributed by atoms with Crippen LogP contribution in [-0.4, -0.2) is 20.4 Å². The molecule has 0 aliphatic heterocycles. The van der Waals surface area contributed by atoms with Crippen molar-refractivity contribution in [3.63, 3.8) is 0 Å². The average Bonchev–Trinajstić information content (AvgIpc) is 3.03. The molecule has 4 nitrogen and oxygen atoms in total. The minimum Gasteiger partial charge on any atom is -0.126 e. The molecule has 1 aromatic heterocycles. The van der Waals surface area contributed by atoms with Crippen LogP contribution >= 0.6 is 0 Å². The summed E-state index contributed by atoms with van der Waals surface area (Å²) in [5, 5.41) is 16.4. The number of aromatic nitrogens is 4. The van der Waals surface area contributed by atoms with Gasteiger partial charge in [-0.3, -0.25) is 0 Å². The quantitative estimate of drug-likeness (QED) is 0.748.